The molecule has 0 radical (unpaired) electrons. The number of fused-ring (bicyclic) bond motifs is 1. The van der Waals surface area contributed by atoms with Gasteiger partial charge in [0, 0.05) is 35.1 Å². The third-order valence-electron chi connectivity index (χ3n) is 8.47. The Morgan fingerprint density at radius 1 is 1.09 bits per heavy atom. The lowest BCUT2D eigenvalue weighted by molar-refractivity contribution is -0.133. The van der Waals surface area contributed by atoms with Crippen LogP contribution >= 0.6 is 0 Å². The van der Waals surface area contributed by atoms with E-state index in [-0.39, 0.29) is 22.0 Å². The molecular formula is C34H38FN5O6S. The maximum Gasteiger partial charge on any atom is 0.411 e. The molecule has 0 saturated carbocycles. The SMILES string of the molecule is CCc1cc(OC)c(F)c([C@@H](Nc2ccc3c(N)nccc3c2)C(=O)N2CCC[C@@H]2c2cc(NC(=O)OC)ccc2S(=O)(=O)CC)c1. The molecule has 4 aromatic rings. The van der Waals surface area contributed by atoms with Crippen LogP contribution in [0.25, 0.3) is 10.8 Å². The molecule has 11 nitrogen and oxygen atoms in total. The van der Waals surface area contributed by atoms with Gasteiger partial charge in [-0.05, 0) is 84.3 Å². The number of benzene rings is 3. The van der Waals surface area contributed by atoms with Crippen LogP contribution in [0, 0.1) is 5.82 Å². The molecule has 47 heavy (non-hydrogen) atoms. The molecule has 2 heterocycles. The monoisotopic (exact) mass is 663 g/mol. The lowest BCUT2D eigenvalue weighted by Gasteiger charge is -2.32. The number of carbonyl (C=O) groups excluding carboxylic acids is 2. The topological polar surface area (TPSA) is 153 Å². The van der Waals surface area contributed by atoms with Gasteiger partial charge in [0.1, 0.15) is 11.9 Å². The Morgan fingerprint density at radius 3 is 2.55 bits per heavy atom. The van der Waals surface area contributed by atoms with E-state index in [1.165, 1.54) is 26.4 Å². The number of carbonyl (C=O) groups is 2. The minimum Gasteiger partial charge on any atom is -0.494 e. The van der Waals surface area contributed by atoms with Crippen molar-refractivity contribution in [1.82, 2.24) is 9.88 Å². The molecule has 2 amide bonds. The Bertz CT molecular complexity index is 1940. The molecule has 0 spiro atoms. The number of likely N-dealkylation sites (tertiary alicyclic amines) is 1. The summed E-state index contributed by atoms with van der Waals surface area (Å²) in [6.07, 6.45) is 2.46. The Hall–Kier alpha value is -4.91. The van der Waals surface area contributed by atoms with Crippen LogP contribution in [0.3, 0.4) is 0 Å². The molecular weight excluding hydrogens is 625 g/mol. The molecule has 0 unspecified atom stereocenters. The van der Waals surface area contributed by atoms with Crippen LogP contribution < -0.4 is 21.1 Å². The van der Waals surface area contributed by atoms with Crippen molar-refractivity contribution in [2.24, 2.45) is 0 Å². The predicted molar refractivity (Wildman–Crippen MR) is 179 cm³/mol. The first kappa shape index (κ1) is 33.5. The van der Waals surface area contributed by atoms with Gasteiger partial charge in [0.25, 0.3) is 0 Å². The molecule has 1 aliphatic rings. The Labute approximate surface area is 273 Å². The van der Waals surface area contributed by atoms with Gasteiger partial charge in [0.05, 0.1) is 30.9 Å². The number of halogens is 1. The third kappa shape index (κ3) is 6.80. The number of amides is 2. The second-order valence-electron chi connectivity index (χ2n) is 11.2. The Balaban J connectivity index is 1.63. The lowest BCUT2D eigenvalue weighted by atomic mass is 9.98. The minimum absolute atomic E-state index is 0.00666. The summed E-state index contributed by atoms with van der Waals surface area (Å²) in [6, 6.07) is 13.0. The summed E-state index contributed by atoms with van der Waals surface area (Å²) < 4.78 is 52.7. The number of nitrogens with one attached hydrogen (secondary N) is 2. The van der Waals surface area contributed by atoms with E-state index in [0.717, 1.165) is 16.3 Å². The van der Waals surface area contributed by atoms with E-state index < -0.39 is 39.7 Å². The van der Waals surface area contributed by atoms with Gasteiger partial charge in [-0.15, -0.1) is 0 Å². The van der Waals surface area contributed by atoms with Gasteiger partial charge in [0.2, 0.25) is 5.91 Å². The van der Waals surface area contributed by atoms with Crippen molar-refractivity contribution in [3.8, 4) is 5.75 Å². The van der Waals surface area contributed by atoms with E-state index in [4.69, 9.17) is 15.2 Å². The molecule has 13 heteroatoms. The molecule has 1 saturated heterocycles. The highest BCUT2D eigenvalue weighted by atomic mass is 32.2. The van der Waals surface area contributed by atoms with Crippen molar-refractivity contribution in [3.05, 3.63) is 83.3 Å². The highest BCUT2D eigenvalue weighted by molar-refractivity contribution is 7.91. The summed E-state index contributed by atoms with van der Waals surface area (Å²) in [4.78, 5) is 32.5. The Morgan fingerprint density at radius 2 is 1.85 bits per heavy atom. The summed E-state index contributed by atoms with van der Waals surface area (Å²) in [5, 5.41) is 7.34. The number of hydrogen-bond donors (Lipinski definition) is 3. The van der Waals surface area contributed by atoms with Crippen LogP contribution in [0.15, 0.2) is 65.7 Å². The zero-order valence-corrected chi connectivity index (χ0v) is 27.5. The summed E-state index contributed by atoms with van der Waals surface area (Å²) in [5.41, 5.74) is 8.12. The van der Waals surface area contributed by atoms with E-state index in [2.05, 4.69) is 15.6 Å². The first-order valence-electron chi connectivity index (χ1n) is 15.3. The van der Waals surface area contributed by atoms with Crippen molar-refractivity contribution < 1.29 is 31.9 Å². The second-order valence-corrected chi connectivity index (χ2v) is 13.5. The van der Waals surface area contributed by atoms with Gasteiger partial charge in [-0.2, -0.15) is 0 Å². The standard InChI is InChI=1S/C34H38FN5O6S/c1-5-20-16-26(30(35)28(17-20)45-3)31(38-22-9-11-24-21(18-22)13-14-37-32(24)36)33(41)40-15-7-8-27(40)25-19-23(39-34(42)46-4)10-12-29(25)47(43,44)6-2/h9-14,16-19,27,31,38H,5-8,15H2,1-4H3,(H2,36,37)(H,39,42)/t27-,31-/m1/s1. The number of nitrogens with two attached hydrogens (primary N) is 1. The second kappa shape index (κ2) is 13.8. The van der Waals surface area contributed by atoms with Crippen molar-refractivity contribution in [3.63, 3.8) is 0 Å². The molecule has 1 aromatic heterocycles. The molecule has 1 fully saturated rings. The van der Waals surface area contributed by atoms with Gasteiger partial charge >= 0.3 is 6.09 Å². The summed E-state index contributed by atoms with van der Waals surface area (Å²) >= 11 is 0. The van der Waals surface area contributed by atoms with E-state index in [1.807, 2.05) is 13.0 Å². The van der Waals surface area contributed by atoms with Gasteiger partial charge in [-0.3, -0.25) is 10.1 Å². The average molecular weight is 664 g/mol. The molecule has 2 atom stereocenters. The fourth-order valence-electron chi connectivity index (χ4n) is 5.99. The molecule has 0 aliphatic carbocycles. The number of hydrogen-bond acceptors (Lipinski definition) is 9. The summed E-state index contributed by atoms with van der Waals surface area (Å²) in [6.45, 7) is 3.76. The van der Waals surface area contributed by atoms with Crippen LogP contribution in [-0.4, -0.2) is 56.8 Å². The number of methoxy groups -OCH3 is 2. The van der Waals surface area contributed by atoms with Crippen molar-refractivity contribution >= 4 is 49.8 Å². The Kier molecular flexibility index (Phi) is 9.85. The number of ether oxygens (including phenoxy) is 2. The van der Waals surface area contributed by atoms with Crippen LogP contribution in [0.5, 0.6) is 5.75 Å². The third-order valence-corrected chi connectivity index (χ3v) is 10.3. The normalized spacial score (nSPS) is 15.3. The van der Waals surface area contributed by atoms with Crippen molar-refractivity contribution in [2.45, 2.75) is 50.1 Å². The molecule has 248 valence electrons. The van der Waals surface area contributed by atoms with Gasteiger partial charge in [-0.25, -0.2) is 22.6 Å². The first-order valence-corrected chi connectivity index (χ1v) is 17.0. The van der Waals surface area contributed by atoms with E-state index in [9.17, 15) is 18.0 Å². The number of aromatic nitrogens is 1. The average Bonchev–Trinajstić information content (AvgIpc) is 3.57. The van der Waals surface area contributed by atoms with E-state index in [1.54, 1.807) is 54.4 Å². The smallest absolute Gasteiger partial charge is 0.411 e. The number of rotatable bonds is 10. The van der Waals surface area contributed by atoms with Gasteiger partial charge in [-0.1, -0.05) is 19.9 Å². The lowest BCUT2D eigenvalue weighted by Crippen LogP contribution is -2.38. The van der Waals surface area contributed by atoms with Crippen LogP contribution in [0.4, 0.5) is 26.4 Å². The number of nitrogen functional groups attached to an aromatic ring is 1. The maximum absolute atomic E-state index is 16.1. The number of nitrogens with zero attached hydrogens (tertiary/aromatic N) is 2. The highest BCUT2D eigenvalue weighted by Gasteiger charge is 2.38. The van der Waals surface area contributed by atoms with E-state index >= 15 is 4.39 Å². The van der Waals surface area contributed by atoms with Crippen LogP contribution in [-0.2, 0) is 25.8 Å². The molecule has 3 aromatic carbocycles. The van der Waals surface area contributed by atoms with Gasteiger partial charge < -0.3 is 25.4 Å². The fraction of sp³-hybridized carbons (Fsp3) is 0.324. The number of sulfone groups is 1. The largest absolute Gasteiger partial charge is 0.494 e. The highest BCUT2D eigenvalue weighted by Crippen LogP contribution is 2.40. The minimum atomic E-state index is -3.73. The molecule has 5 rings (SSSR count). The molecule has 0 bridgehead atoms. The van der Waals surface area contributed by atoms with Gasteiger partial charge in [0.15, 0.2) is 21.4 Å². The van der Waals surface area contributed by atoms with Crippen LogP contribution in [0.2, 0.25) is 0 Å². The quantitative estimate of drug-likeness (QED) is 0.185. The number of pyridine rings is 1. The fourth-order valence-corrected chi connectivity index (χ4v) is 7.13. The summed E-state index contributed by atoms with van der Waals surface area (Å²) in [5.74, 6) is -0.936. The van der Waals surface area contributed by atoms with Crippen LogP contribution in [0.1, 0.15) is 55.5 Å². The maximum atomic E-state index is 16.1. The zero-order chi connectivity index (χ0) is 33.9. The summed E-state index contributed by atoms with van der Waals surface area (Å²) in [7, 11) is -1.13. The molecule has 1 aliphatic heterocycles. The number of aryl methyl sites for hydroxylation is 1. The van der Waals surface area contributed by atoms with Crippen molar-refractivity contribution in [1.29, 1.82) is 0 Å². The van der Waals surface area contributed by atoms with E-state index in [0.29, 0.717) is 48.6 Å². The molecule has 4 N–H and O–H groups in total. The first-order chi connectivity index (χ1) is 22.5. The zero-order valence-electron chi connectivity index (χ0n) is 26.7. The number of anilines is 3. The van der Waals surface area contributed by atoms with Crippen molar-refractivity contribution in [2.75, 3.05) is 42.9 Å². The predicted octanol–water partition coefficient (Wildman–Crippen LogP) is 6.02.